The van der Waals surface area contributed by atoms with Crippen LogP contribution in [0.2, 0.25) is 0 Å². The van der Waals surface area contributed by atoms with E-state index in [1.54, 1.807) is 39.5 Å². The number of benzene rings is 2. The third kappa shape index (κ3) is 3.22. The van der Waals surface area contributed by atoms with Crippen LogP contribution in [0.25, 0.3) is 0 Å². The Morgan fingerprint density at radius 1 is 0.889 bits per heavy atom. The summed E-state index contributed by atoms with van der Waals surface area (Å²) in [7, 11) is 4.66. The first kappa shape index (κ1) is 22.9. The highest BCUT2D eigenvalue weighted by Crippen LogP contribution is 2.61. The van der Waals surface area contributed by atoms with Gasteiger partial charge in [0.15, 0.2) is 28.6 Å². The van der Waals surface area contributed by atoms with Gasteiger partial charge in [0.1, 0.15) is 17.6 Å². The van der Waals surface area contributed by atoms with Gasteiger partial charge in [0.25, 0.3) is 0 Å². The number of rotatable bonds is 6. The number of ether oxygens (including phenoxy) is 10. The Morgan fingerprint density at radius 2 is 1.58 bits per heavy atom. The second kappa shape index (κ2) is 8.52. The highest BCUT2D eigenvalue weighted by atomic mass is 16.7. The molecule has 192 valence electrons. The lowest BCUT2D eigenvalue weighted by Crippen LogP contribution is -2.43. The maximum Gasteiger partial charge on any atom is 0.303 e. The highest BCUT2D eigenvalue weighted by Gasteiger charge is 2.64. The van der Waals surface area contributed by atoms with Crippen LogP contribution in [0, 0.1) is 5.92 Å². The van der Waals surface area contributed by atoms with E-state index in [4.69, 9.17) is 47.4 Å². The van der Waals surface area contributed by atoms with Gasteiger partial charge in [0, 0.05) is 24.6 Å². The second-order valence-corrected chi connectivity index (χ2v) is 8.81. The smallest absolute Gasteiger partial charge is 0.303 e. The molecule has 4 aliphatic heterocycles. The third-order valence-electron chi connectivity index (χ3n) is 7.04. The van der Waals surface area contributed by atoms with Crippen molar-refractivity contribution < 1.29 is 52.2 Å². The van der Waals surface area contributed by atoms with Crippen LogP contribution in [-0.4, -0.2) is 59.7 Å². The molecule has 0 bridgehead atoms. The molecule has 2 fully saturated rings. The number of carbonyl (C=O) groups is 1. The zero-order chi connectivity index (χ0) is 25.0. The van der Waals surface area contributed by atoms with Crippen molar-refractivity contribution in [3.05, 3.63) is 29.3 Å². The molecule has 11 nitrogen and oxygen atoms in total. The topological polar surface area (TPSA) is 109 Å². The van der Waals surface area contributed by atoms with E-state index >= 15 is 0 Å². The molecule has 0 N–H and O–H groups in total. The summed E-state index contributed by atoms with van der Waals surface area (Å²) >= 11 is 0. The molecular formula is C25H26O11. The van der Waals surface area contributed by atoms with Crippen molar-refractivity contribution in [1.82, 2.24) is 0 Å². The van der Waals surface area contributed by atoms with Crippen LogP contribution in [0.3, 0.4) is 0 Å². The minimum atomic E-state index is -1.15. The Hall–Kier alpha value is -3.57. The molecular weight excluding hydrogens is 476 g/mol. The summed E-state index contributed by atoms with van der Waals surface area (Å²) < 4.78 is 58.1. The number of carbonyl (C=O) groups excluding carboxylic acids is 1. The van der Waals surface area contributed by atoms with Crippen molar-refractivity contribution >= 4 is 5.97 Å². The van der Waals surface area contributed by atoms with Crippen LogP contribution in [0.1, 0.15) is 30.3 Å². The van der Waals surface area contributed by atoms with Gasteiger partial charge in [-0.15, -0.1) is 0 Å². The van der Waals surface area contributed by atoms with Crippen molar-refractivity contribution in [1.29, 1.82) is 0 Å². The lowest BCUT2D eigenvalue weighted by Gasteiger charge is -2.33. The van der Waals surface area contributed by atoms with E-state index in [1.165, 1.54) is 6.92 Å². The number of esters is 1. The van der Waals surface area contributed by atoms with Gasteiger partial charge in [-0.25, -0.2) is 0 Å². The molecule has 0 saturated carbocycles. The molecule has 0 aromatic heterocycles. The van der Waals surface area contributed by atoms with Gasteiger partial charge in [-0.3, -0.25) is 4.79 Å². The fraction of sp³-hybridized carbons (Fsp3) is 0.480. The van der Waals surface area contributed by atoms with E-state index in [0.717, 1.165) is 0 Å². The Morgan fingerprint density at radius 3 is 2.31 bits per heavy atom. The Kier molecular flexibility index (Phi) is 5.41. The van der Waals surface area contributed by atoms with Gasteiger partial charge in [-0.1, -0.05) is 0 Å². The monoisotopic (exact) mass is 502 g/mol. The fourth-order valence-corrected chi connectivity index (χ4v) is 5.57. The van der Waals surface area contributed by atoms with E-state index in [0.29, 0.717) is 51.4 Å². The largest absolute Gasteiger partial charge is 0.496 e. The van der Waals surface area contributed by atoms with E-state index in [-0.39, 0.29) is 26.8 Å². The average Bonchev–Trinajstić information content (AvgIpc) is 3.65. The lowest BCUT2D eigenvalue weighted by atomic mass is 9.79. The van der Waals surface area contributed by atoms with Gasteiger partial charge >= 0.3 is 5.97 Å². The molecule has 4 unspecified atom stereocenters. The Balaban J connectivity index is 1.46. The molecule has 2 aromatic rings. The van der Waals surface area contributed by atoms with Crippen LogP contribution in [-0.2, 0) is 19.0 Å². The van der Waals surface area contributed by atoms with Crippen molar-refractivity contribution in [2.24, 2.45) is 5.92 Å². The number of fused-ring (bicyclic) bond motifs is 3. The van der Waals surface area contributed by atoms with Crippen LogP contribution in [0.15, 0.2) is 18.2 Å². The molecule has 4 aliphatic rings. The number of methoxy groups -OCH3 is 3. The van der Waals surface area contributed by atoms with E-state index in [9.17, 15) is 4.79 Å². The Labute approximate surface area is 207 Å². The zero-order valence-corrected chi connectivity index (χ0v) is 20.3. The third-order valence-corrected chi connectivity index (χ3v) is 7.04. The van der Waals surface area contributed by atoms with Crippen molar-refractivity contribution in [3.8, 4) is 40.2 Å². The molecule has 11 heteroatoms. The van der Waals surface area contributed by atoms with Crippen LogP contribution in [0.5, 0.6) is 40.2 Å². The molecule has 36 heavy (non-hydrogen) atoms. The van der Waals surface area contributed by atoms with Gasteiger partial charge in [-0.05, 0) is 6.07 Å². The quantitative estimate of drug-likeness (QED) is 0.544. The highest BCUT2D eigenvalue weighted by molar-refractivity contribution is 5.68. The van der Waals surface area contributed by atoms with Crippen molar-refractivity contribution in [3.63, 3.8) is 0 Å². The van der Waals surface area contributed by atoms with Crippen LogP contribution < -0.4 is 33.2 Å². The molecule has 0 amide bonds. The van der Waals surface area contributed by atoms with E-state index < -0.39 is 29.7 Å². The maximum absolute atomic E-state index is 12.4. The summed E-state index contributed by atoms with van der Waals surface area (Å²) in [6, 6.07) is 5.28. The predicted molar refractivity (Wildman–Crippen MR) is 120 cm³/mol. The van der Waals surface area contributed by atoms with Crippen LogP contribution in [0.4, 0.5) is 0 Å². The molecule has 2 saturated heterocycles. The summed E-state index contributed by atoms with van der Waals surface area (Å²) in [5.74, 6) is 2.73. The molecule has 0 aliphatic carbocycles. The standard InChI is InChI=1S/C25H26O11/c1-12(26)36-25-9-31-21(20-18(28-3)7-19-22(23(20)29-4)35-11-34-19)14(25)8-30-24(25)13-5-16-17(33-10-32-16)6-15(13)27-2/h5-7,14,21,24H,8-11H2,1-4H3. The summed E-state index contributed by atoms with van der Waals surface area (Å²) in [6.45, 7) is 1.86. The summed E-state index contributed by atoms with van der Waals surface area (Å²) in [4.78, 5) is 12.4. The summed E-state index contributed by atoms with van der Waals surface area (Å²) in [5.41, 5.74) is 0.147. The second-order valence-electron chi connectivity index (χ2n) is 8.81. The van der Waals surface area contributed by atoms with Gasteiger partial charge in [0.2, 0.25) is 19.3 Å². The SMILES string of the molecule is COc1cc2c(cc1C1OCC3C(c4c(OC)cc5c(c4OC)OCO5)OCC13OC(C)=O)OCO2. The number of hydrogen-bond acceptors (Lipinski definition) is 11. The summed E-state index contributed by atoms with van der Waals surface area (Å²) in [6.07, 6.45) is -1.28. The van der Waals surface area contributed by atoms with Gasteiger partial charge in [-0.2, -0.15) is 0 Å². The maximum atomic E-state index is 12.4. The zero-order valence-electron chi connectivity index (χ0n) is 20.3. The molecule has 4 atom stereocenters. The van der Waals surface area contributed by atoms with Crippen LogP contribution >= 0.6 is 0 Å². The Bertz CT molecular complexity index is 1210. The molecule has 2 aromatic carbocycles. The molecule has 6 rings (SSSR count). The number of hydrogen-bond donors (Lipinski definition) is 0. The molecule has 0 radical (unpaired) electrons. The fourth-order valence-electron chi connectivity index (χ4n) is 5.57. The summed E-state index contributed by atoms with van der Waals surface area (Å²) in [5, 5.41) is 0. The lowest BCUT2D eigenvalue weighted by molar-refractivity contribution is -0.167. The first-order chi connectivity index (χ1) is 17.5. The first-order valence-corrected chi connectivity index (χ1v) is 11.5. The molecule has 0 spiro atoms. The van der Waals surface area contributed by atoms with Gasteiger partial charge < -0.3 is 47.4 Å². The molecule has 4 heterocycles. The van der Waals surface area contributed by atoms with Gasteiger partial charge in [0.05, 0.1) is 52.1 Å². The van der Waals surface area contributed by atoms with Crippen molar-refractivity contribution in [2.75, 3.05) is 48.1 Å². The average molecular weight is 502 g/mol. The minimum absolute atomic E-state index is 0.0692. The van der Waals surface area contributed by atoms with E-state index in [1.807, 2.05) is 0 Å². The predicted octanol–water partition coefficient (Wildman–Crippen LogP) is 2.93. The normalized spacial score (nSPS) is 27.1. The van der Waals surface area contributed by atoms with Crippen molar-refractivity contribution in [2.45, 2.75) is 24.7 Å². The first-order valence-electron chi connectivity index (χ1n) is 11.5. The minimum Gasteiger partial charge on any atom is -0.496 e. The van der Waals surface area contributed by atoms with E-state index in [2.05, 4.69) is 0 Å².